The van der Waals surface area contributed by atoms with Gasteiger partial charge in [-0.3, -0.25) is 9.59 Å². The van der Waals surface area contributed by atoms with Crippen molar-refractivity contribution >= 4 is 5.78 Å². The summed E-state index contributed by atoms with van der Waals surface area (Å²) in [6, 6.07) is 1.28. The normalized spacial score (nSPS) is 12.9. The van der Waals surface area contributed by atoms with E-state index in [0.29, 0.717) is 5.76 Å². The second-order valence-corrected chi connectivity index (χ2v) is 2.45. The summed E-state index contributed by atoms with van der Waals surface area (Å²) in [6.07, 6.45) is 0. The Kier molecular flexibility index (Phi) is 1.94. The minimum absolute atomic E-state index is 0.0206. The number of nitrogens with one attached hydrogen (secondary N) is 1. The summed E-state index contributed by atoms with van der Waals surface area (Å²) >= 11 is 0. The molecule has 4 heteroatoms. The van der Waals surface area contributed by atoms with Crippen LogP contribution in [0.3, 0.4) is 0 Å². The molecule has 1 heterocycles. The smallest absolute Gasteiger partial charge is 0.280 e. The van der Waals surface area contributed by atoms with E-state index in [1.165, 1.54) is 13.0 Å². The second kappa shape index (κ2) is 2.74. The van der Waals surface area contributed by atoms with E-state index in [0.717, 1.165) is 0 Å². The van der Waals surface area contributed by atoms with E-state index >= 15 is 0 Å². The summed E-state index contributed by atoms with van der Waals surface area (Å²) < 4.78 is 4.73. The zero-order chi connectivity index (χ0) is 8.43. The Labute approximate surface area is 63.2 Å². The summed E-state index contributed by atoms with van der Waals surface area (Å²) in [4.78, 5) is 21.3. The van der Waals surface area contributed by atoms with Crippen LogP contribution in [0, 0.1) is 0 Å². The lowest BCUT2D eigenvalue weighted by Gasteiger charge is -1.99. The fraction of sp³-hybridized carbons (Fsp3) is 0.429. The van der Waals surface area contributed by atoms with Crippen molar-refractivity contribution in [2.75, 3.05) is 0 Å². The lowest BCUT2D eigenvalue weighted by atomic mass is 10.1. The molecule has 1 N–H and O–H groups in total. The van der Waals surface area contributed by atoms with Gasteiger partial charge in [0.05, 0.1) is 5.92 Å². The van der Waals surface area contributed by atoms with Crippen LogP contribution in [0.4, 0.5) is 0 Å². The number of rotatable bonds is 2. The first-order valence-corrected chi connectivity index (χ1v) is 3.30. The lowest BCUT2D eigenvalue weighted by Crippen LogP contribution is -2.03. The summed E-state index contributed by atoms with van der Waals surface area (Å²) in [5, 5.41) is 2.12. The third kappa shape index (κ3) is 1.58. The molecule has 0 aliphatic heterocycles. The zero-order valence-corrected chi connectivity index (χ0v) is 6.38. The van der Waals surface area contributed by atoms with Gasteiger partial charge in [0, 0.05) is 6.07 Å². The number of ketones is 1. The minimum Gasteiger partial charge on any atom is -0.383 e. The Bertz CT molecular complexity index is 309. The van der Waals surface area contributed by atoms with Gasteiger partial charge in [-0.15, -0.1) is 0 Å². The van der Waals surface area contributed by atoms with Gasteiger partial charge in [0.15, 0.2) is 0 Å². The third-order valence-electron chi connectivity index (χ3n) is 1.58. The zero-order valence-electron chi connectivity index (χ0n) is 6.38. The van der Waals surface area contributed by atoms with E-state index in [1.54, 1.807) is 6.92 Å². The monoisotopic (exact) mass is 155 g/mol. The van der Waals surface area contributed by atoms with Crippen LogP contribution in [0.1, 0.15) is 25.5 Å². The highest BCUT2D eigenvalue weighted by molar-refractivity contribution is 5.82. The number of H-pyrrole nitrogens is 1. The maximum absolute atomic E-state index is 10.8. The molecule has 0 aliphatic rings. The number of hydrogen-bond acceptors (Lipinski definition) is 3. The van der Waals surface area contributed by atoms with E-state index < -0.39 is 0 Å². The quantitative estimate of drug-likeness (QED) is 0.682. The fourth-order valence-electron chi connectivity index (χ4n) is 0.711. The standard InChI is InChI=1S/C7H9NO3/c1-4(5(2)9)6-3-7(10)8-11-6/h3-4H,1-2H3,(H,8,10). The molecule has 1 atom stereocenters. The molecule has 0 radical (unpaired) electrons. The van der Waals surface area contributed by atoms with Crippen LogP contribution < -0.4 is 5.56 Å². The largest absolute Gasteiger partial charge is 0.383 e. The van der Waals surface area contributed by atoms with E-state index in [-0.39, 0.29) is 17.3 Å². The Morgan fingerprint density at radius 1 is 1.73 bits per heavy atom. The molecule has 1 aromatic heterocycles. The molecule has 0 spiro atoms. The maximum Gasteiger partial charge on any atom is 0.280 e. The van der Waals surface area contributed by atoms with Crippen LogP contribution in [0.25, 0.3) is 0 Å². The number of Topliss-reactive ketones (excluding diaryl/α,β-unsaturated/α-hetero) is 1. The van der Waals surface area contributed by atoms with Crippen LogP contribution in [0.2, 0.25) is 0 Å². The second-order valence-electron chi connectivity index (χ2n) is 2.45. The SMILES string of the molecule is CC(=O)C(C)c1cc(=O)[nH]o1. The van der Waals surface area contributed by atoms with Crippen molar-refractivity contribution in [2.45, 2.75) is 19.8 Å². The molecule has 0 bridgehead atoms. The first-order chi connectivity index (χ1) is 5.11. The van der Waals surface area contributed by atoms with Crippen LogP contribution in [-0.4, -0.2) is 10.9 Å². The van der Waals surface area contributed by atoms with Gasteiger partial charge >= 0.3 is 0 Å². The van der Waals surface area contributed by atoms with Crippen LogP contribution >= 0.6 is 0 Å². The van der Waals surface area contributed by atoms with Crippen LogP contribution in [0.5, 0.6) is 0 Å². The molecule has 60 valence electrons. The Balaban J connectivity index is 2.93. The molecular formula is C7H9NO3. The van der Waals surface area contributed by atoms with E-state index in [4.69, 9.17) is 4.52 Å². The highest BCUT2D eigenvalue weighted by Gasteiger charge is 2.14. The first kappa shape index (κ1) is 7.78. The van der Waals surface area contributed by atoms with Crippen molar-refractivity contribution in [3.63, 3.8) is 0 Å². The fourth-order valence-corrected chi connectivity index (χ4v) is 0.711. The van der Waals surface area contributed by atoms with E-state index in [9.17, 15) is 9.59 Å². The maximum atomic E-state index is 10.8. The summed E-state index contributed by atoms with van der Waals surface area (Å²) in [7, 11) is 0. The number of hydrogen-bond donors (Lipinski definition) is 1. The molecule has 0 saturated carbocycles. The molecule has 1 aromatic rings. The van der Waals surface area contributed by atoms with Crippen LogP contribution in [0.15, 0.2) is 15.4 Å². The molecule has 0 saturated heterocycles. The average Bonchev–Trinajstić information content (AvgIpc) is 2.34. The predicted molar refractivity (Wildman–Crippen MR) is 38.4 cm³/mol. The number of carbonyl (C=O) groups excluding carboxylic acids is 1. The van der Waals surface area contributed by atoms with E-state index in [1.807, 2.05) is 0 Å². The van der Waals surface area contributed by atoms with Gasteiger partial charge in [-0.05, 0) is 13.8 Å². The van der Waals surface area contributed by atoms with Gasteiger partial charge in [-0.25, -0.2) is 0 Å². The van der Waals surface area contributed by atoms with Gasteiger partial charge in [-0.2, -0.15) is 5.16 Å². The highest BCUT2D eigenvalue weighted by atomic mass is 16.5. The van der Waals surface area contributed by atoms with Crippen molar-refractivity contribution in [3.05, 3.63) is 22.2 Å². The van der Waals surface area contributed by atoms with E-state index in [2.05, 4.69) is 5.16 Å². The molecule has 4 nitrogen and oxygen atoms in total. The molecule has 1 rings (SSSR count). The van der Waals surface area contributed by atoms with Crippen molar-refractivity contribution in [3.8, 4) is 0 Å². The van der Waals surface area contributed by atoms with Crippen molar-refractivity contribution in [1.29, 1.82) is 0 Å². The highest BCUT2D eigenvalue weighted by Crippen LogP contribution is 2.12. The van der Waals surface area contributed by atoms with Gasteiger partial charge in [0.2, 0.25) is 0 Å². The van der Waals surface area contributed by atoms with Crippen molar-refractivity contribution in [2.24, 2.45) is 0 Å². The molecule has 0 aliphatic carbocycles. The van der Waals surface area contributed by atoms with Gasteiger partial charge < -0.3 is 4.52 Å². The molecule has 11 heavy (non-hydrogen) atoms. The molecular weight excluding hydrogens is 146 g/mol. The average molecular weight is 155 g/mol. The summed E-state index contributed by atoms with van der Waals surface area (Å²) in [5.41, 5.74) is -0.312. The number of carbonyl (C=O) groups is 1. The van der Waals surface area contributed by atoms with Gasteiger partial charge in [0.1, 0.15) is 11.5 Å². The summed E-state index contributed by atoms with van der Waals surface area (Å²) in [6.45, 7) is 3.14. The Morgan fingerprint density at radius 3 is 2.73 bits per heavy atom. The number of aromatic amines is 1. The topological polar surface area (TPSA) is 63.1 Å². The van der Waals surface area contributed by atoms with Gasteiger partial charge in [0.25, 0.3) is 5.56 Å². The molecule has 0 amide bonds. The third-order valence-corrected chi connectivity index (χ3v) is 1.58. The number of aromatic nitrogens is 1. The molecule has 0 aromatic carbocycles. The molecule has 1 unspecified atom stereocenters. The summed E-state index contributed by atoms with van der Waals surface area (Å²) in [5.74, 6) is 0.0317. The van der Waals surface area contributed by atoms with Crippen LogP contribution in [-0.2, 0) is 4.79 Å². The van der Waals surface area contributed by atoms with Crippen molar-refractivity contribution < 1.29 is 9.32 Å². The Hall–Kier alpha value is -1.32. The minimum atomic E-state index is -0.339. The van der Waals surface area contributed by atoms with Gasteiger partial charge in [-0.1, -0.05) is 0 Å². The molecule has 0 fully saturated rings. The first-order valence-electron chi connectivity index (χ1n) is 3.30. The van der Waals surface area contributed by atoms with Crippen molar-refractivity contribution in [1.82, 2.24) is 5.16 Å². The Morgan fingerprint density at radius 2 is 2.36 bits per heavy atom. The predicted octanol–water partition coefficient (Wildman–Crippen LogP) is 0.660. The lowest BCUT2D eigenvalue weighted by molar-refractivity contribution is -0.118.